The number of unbranched alkanes of at least 4 members (excludes halogenated alkanes) is 21. The van der Waals surface area contributed by atoms with Crippen LogP contribution in [0.4, 0.5) is 0 Å². The monoisotopic (exact) mass is 784 g/mol. The van der Waals surface area contributed by atoms with Gasteiger partial charge in [-0.05, 0) is 51.4 Å². The van der Waals surface area contributed by atoms with Crippen molar-refractivity contribution < 1.29 is 32.9 Å². The molecule has 0 radical (unpaired) electrons. The van der Waals surface area contributed by atoms with Crippen LogP contribution in [0.3, 0.4) is 0 Å². The first-order chi connectivity index (χ1) is 26.0. The van der Waals surface area contributed by atoms with Gasteiger partial charge in [0.1, 0.15) is 13.2 Å². The Kier molecular flexibility index (Phi) is 36.4. The molecular formula is C45H88N2O6P+. The smallest absolute Gasteiger partial charge is 0.391 e. The number of aliphatic hydroxyl groups excluding tert-OH is 1. The first kappa shape index (κ1) is 52.7. The first-order valence-electron chi connectivity index (χ1n) is 22.4. The number of carbonyl (C=O) groups is 1. The number of carbonyl (C=O) groups excluding carboxylic acids is 1. The van der Waals surface area contributed by atoms with Gasteiger partial charge >= 0.3 is 7.82 Å². The highest BCUT2D eigenvalue weighted by atomic mass is 31.2. The van der Waals surface area contributed by atoms with E-state index in [9.17, 15) is 19.4 Å². The Morgan fingerprint density at radius 1 is 0.630 bits per heavy atom. The molecule has 0 aromatic heterocycles. The van der Waals surface area contributed by atoms with Crippen molar-refractivity contribution in [2.45, 2.75) is 206 Å². The number of hydrogen-bond acceptors (Lipinski definition) is 5. The van der Waals surface area contributed by atoms with Crippen molar-refractivity contribution in [3.05, 3.63) is 36.5 Å². The molecule has 0 heterocycles. The van der Waals surface area contributed by atoms with E-state index in [-0.39, 0.29) is 19.1 Å². The molecule has 3 atom stereocenters. The highest BCUT2D eigenvalue weighted by molar-refractivity contribution is 7.47. The summed E-state index contributed by atoms with van der Waals surface area (Å²) in [4.78, 5) is 23.0. The summed E-state index contributed by atoms with van der Waals surface area (Å²) in [5.41, 5.74) is 0. The Labute approximate surface area is 334 Å². The summed E-state index contributed by atoms with van der Waals surface area (Å²) in [7, 11) is 1.61. The maximum atomic E-state index is 12.8. The van der Waals surface area contributed by atoms with E-state index < -0.39 is 20.0 Å². The minimum Gasteiger partial charge on any atom is -0.391 e. The fourth-order valence-electron chi connectivity index (χ4n) is 6.29. The summed E-state index contributed by atoms with van der Waals surface area (Å²) in [5, 5.41) is 13.8. The lowest BCUT2D eigenvalue weighted by Crippen LogP contribution is -2.46. The van der Waals surface area contributed by atoms with Gasteiger partial charge in [0.25, 0.3) is 0 Å². The molecule has 8 nitrogen and oxygen atoms in total. The SMILES string of the molecule is CCCCCCC/C=C\C/C=C\C/C=C\CCCCCCCCCCCCC(=O)NC(COP(=O)(O)OCC[N+](C)(C)C)C(O)CCCCCCCCC. The van der Waals surface area contributed by atoms with E-state index in [0.29, 0.717) is 23.9 Å². The third kappa shape index (κ3) is 39.0. The van der Waals surface area contributed by atoms with E-state index in [1.165, 1.54) is 116 Å². The van der Waals surface area contributed by atoms with E-state index in [4.69, 9.17) is 9.05 Å². The van der Waals surface area contributed by atoms with Crippen LogP contribution in [0.25, 0.3) is 0 Å². The number of aliphatic hydroxyl groups is 1. The fourth-order valence-corrected chi connectivity index (χ4v) is 7.02. The van der Waals surface area contributed by atoms with Crippen LogP contribution in [-0.2, 0) is 18.4 Å². The Bertz CT molecular complexity index is 980. The zero-order chi connectivity index (χ0) is 40.0. The molecule has 0 aromatic rings. The van der Waals surface area contributed by atoms with Crippen molar-refractivity contribution in [1.29, 1.82) is 0 Å². The van der Waals surface area contributed by atoms with Gasteiger partial charge in [-0.3, -0.25) is 13.8 Å². The molecule has 0 saturated carbocycles. The van der Waals surface area contributed by atoms with Crippen molar-refractivity contribution >= 4 is 13.7 Å². The number of likely N-dealkylation sites (N-methyl/N-ethyl adjacent to an activating group) is 1. The lowest BCUT2D eigenvalue weighted by molar-refractivity contribution is -0.870. The number of rotatable bonds is 40. The largest absolute Gasteiger partial charge is 0.472 e. The van der Waals surface area contributed by atoms with E-state index in [0.717, 1.165) is 51.4 Å². The van der Waals surface area contributed by atoms with Crippen LogP contribution in [0.1, 0.15) is 194 Å². The quantitative estimate of drug-likeness (QED) is 0.0247. The van der Waals surface area contributed by atoms with E-state index >= 15 is 0 Å². The molecule has 0 bridgehead atoms. The molecule has 0 aliphatic rings. The summed E-state index contributed by atoms with van der Waals surface area (Å²) in [6.45, 7) is 4.81. The Hall–Kier alpha value is -1.28. The molecular weight excluding hydrogens is 695 g/mol. The summed E-state index contributed by atoms with van der Waals surface area (Å²) >= 11 is 0. The third-order valence-corrected chi connectivity index (χ3v) is 10.9. The first-order valence-corrected chi connectivity index (χ1v) is 23.8. The van der Waals surface area contributed by atoms with Gasteiger partial charge in [-0.2, -0.15) is 0 Å². The molecule has 318 valence electrons. The van der Waals surface area contributed by atoms with E-state index in [1.807, 2.05) is 21.1 Å². The third-order valence-electron chi connectivity index (χ3n) is 9.89. The highest BCUT2D eigenvalue weighted by Crippen LogP contribution is 2.43. The second kappa shape index (κ2) is 37.3. The van der Waals surface area contributed by atoms with Crippen molar-refractivity contribution in [1.82, 2.24) is 5.32 Å². The number of allylic oxidation sites excluding steroid dienone is 6. The van der Waals surface area contributed by atoms with Gasteiger partial charge in [-0.1, -0.05) is 172 Å². The second-order valence-electron chi connectivity index (χ2n) is 16.4. The van der Waals surface area contributed by atoms with Gasteiger partial charge in [-0.15, -0.1) is 0 Å². The molecule has 0 rings (SSSR count). The van der Waals surface area contributed by atoms with Crippen molar-refractivity contribution in [2.24, 2.45) is 0 Å². The normalized spacial score (nSPS) is 14.7. The molecule has 3 unspecified atom stereocenters. The average molecular weight is 784 g/mol. The van der Waals surface area contributed by atoms with Crippen LogP contribution in [-0.4, -0.2) is 73.4 Å². The van der Waals surface area contributed by atoms with Crippen LogP contribution in [0.5, 0.6) is 0 Å². The van der Waals surface area contributed by atoms with E-state index in [2.05, 4.69) is 55.6 Å². The maximum Gasteiger partial charge on any atom is 0.472 e. The van der Waals surface area contributed by atoms with E-state index in [1.54, 1.807) is 0 Å². The van der Waals surface area contributed by atoms with Crippen LogP contribution >= 0.6 is 7.82 Å². The molecule has 0 aromatic carbocycles. The Balaban J connectivity index is 4.11. The van der Waals surface area contributed by atoms with Crippen LogP contribution in [0.15, 0.2) is 36.5 Å². The summed E-state index contributed by atoms with van der Waals surface area (Å²) in [5.74, 6) is -0.154. The van der Waals surface area contributed by atoms with Crippen molar-refractivity contribution in [3.8, 4) is 0 Å². The molecule has 0 aliphatic carbocycles. The number of amides is 1. The molecule has 1 amide bonds. The zero-order valence-electron chi connectivity index (χ0n) is 36.0. The van der Waals surface area contributed by atoms with Crippen molar-refractivity contribution in [2.75, 3.05) is 40.9 Å². The maximum absolute atomic E-state index is 12.8. The number of nitrogens with one attached hydrogen (secondary N) is 1. The summed E-state index contributed by atoms with van der Waals surface area (Å²) < 4.78 is 23.5. The topological polar surface area (TPSA) is 105 Å². The second-order valence-corrected chi connectivity index (χ2v) is 17.9. The molecule has 0 fully saturated rings. The van der Waals surface area contributed by atoms with Gasteiger partial charge in [0, 0.05) is 6.42 Å². The summed E-state index contributed by atoms with van der Waals surface area (Å²) in [6.07, 6.45) is 44.8. The van der Waals surface area contributed by atoms with Crippen molar-refractivity contribution in [3.63, 3.8) is 0 Å². The Morgan fingerprint density at radius 3 is 1.54 bits per heavy atom. The molecule has 54 heavy (non-hydrogen) atoms. The fraction of sp³-hybridized carbons (Fsp3) is 0.844. The number of phosphoric ester groups is 1. The van der Waals surface area contributed by atoms with Gasteiger partial charge in [0.2, 0.25) is 5.91 Å². The average Bonchev–Trinajstić information content (AvgIpc) is 3.12. The molecule has 9 heteroatoms. The highest BCUT2D eigenvalue weighted by Gasteiger charge is 2.28. The number of phosphoric acid groups is 1. The predicted octanol–water partition coefficient (Wildman–Crippen LogP) is 12.3. The van der Waals surface area contributed by atoms with Gasteiger partial charge in [-0.25, -0.2) is 4.57 Å². The zero-order valence-corrected chi connectivity index (χ0v) is 36.9. The van der Waals surface area contributed by atoms with Crippen LogP contribution in [0, 0.1) is 0 Å². The standard InChI is InChI=1S/C45H87N2O6P/c1-6-8-10-12-14-15-16-17-18-19-20-21-22-23-24-25-26-27-28-29-30-31-33-35-37-39-45(49)46-43(44(48)38-36-34-32-13-11-9-7-2)42-53-54(50,51)52-41-40-47(3,4)5/h16-17,19-20,22-23,43-44,48H,6-15,18,21,24-42H2,1-5H3,(H-,46,49,50,51)/p+1/b17-16-,20-19-,23-22-. The lowest BCUT2D eigenvalue weighted by Gasteiger charge is -2.26. The molecule has 0 aliphatic heterocycles. The van der Waals surface area contributed by atoms with Crippen LogP contribution < -0.4 is 5.32 Å². The number of nitrogens with zero attached hydrogens (tertiary/aromatic N) is 1. The minimum absolute atomic E-state index is 0.0727. The molecule has 0 saturated heterocycles. The summed E-state index contributed by atoms with van der Waals surface area (Å²) in [6, 6.07) is -0.759. The molecule has 3 N–H and O–H groups in total. The van der Waals surface area contributed by atoms with Gasteiger partial charge < -0.3 is 19.8 Å². The molecule has 0 spiro atoms. The lowest BCUT2D eigenvalue weighted by atomic mass is 10.0. The predicted molar refractivity (Wildman–Crippen MR) is 231 cm³/mol. The van der Waals surface area contributed by atoms with Gasteiger partial charge in [0.15, 0.2) is 0 Å². The minimum atomic E-state index is -4.30. The van der Waals surface area contributed by atoms with Gasteiger partial charge in [0.05, 0.1) is 39.9 Å². The van der Waals surface area contributed by atoms with Crippen LogP contribution in [0.2, 0.25) is 0 Å². The number of quaternary nitrogens is 1. The Morgan fingerprint density at radius 2 is 1.06 bits per heavy atom. The number of hydrogen-bond donors (Lipinski definition) is 3.